The summed E-state index contributed by atoms with van der Waals surface area (Å²) in [5, 5.41) is 0. The Labute approximate surface area is 137 Å². The van der Waals surface area contributed by atoms with Crippen molar-refractivity contribution < 1.29 is 0 Å². The molecule has 0 radical (unpaired) electrons. The highest BCUT2D eigenvalue weighted by molar-refractivity contribution is 9.10. The lowest BCUT2D eigenvalue weighted by Gasteiger charge is -2.42. The second kappa shape index (κ2) is 7.26. The van der Waals surface area contributed by atoms with Gasteiger partial charge in [0.2, 0.25) is 0 Å². The molecule has 2 nitrogen and oxygen atoms in total. The van der Waals surface area contributed by atoms with Crippen molar-refractivity contribution >= 4 is 15.9 Å². The second-order valence-corrected chi connectivity index (χ2v) is 7.68. The van der Waals surface area contributed by atoms with Gasteiger partial charge in [-0.2, -0.15) is 0 Å². The minimum atomic E-state index is 0.861. The minimum Gasteiger partial charge on any atom is -0.298 e. The van der Waals surface area contributed by atoms with E-state index in [-0.39, 0.29) is 0 Å². The molecule has 1 aromatic carbocycles. The largest absolute Gasteiger partial charge is 0.298 e. The molecule has 1 aromatic rings. The van der Waals surface area contributed by atoms with Crippen LogP contribution in [0.25, 0.3) is 0 Å². The summed E-state index contributed by atoms with van der Waals surface area (Å²) in [5.74, 6) is 0.932. The van der Waals surface area contributed by atoms with Crippen molar-refractivity contribution in [3.05, 3.63) is 34.3 Å². The van der Waals surface area contributed by atoms with Gasteiger partial charge in [0, 0.05) is 43.2 Å². The van der Waals surface area contributed by atoms with Crippen molar-refractivity contribution in [1.29, 1.82) is 0 Å². The SMILES string of the molecule is C[C@H]1CCC[C@@H](N2CCN(Cc3ccccc3Br)CC2)C1. The monoisotopic (exact) mass is 350 g/mol. The second-order valence-electron chi connectivity index (χ2n) is 6.83. The standard InChI is InChI=1S/C18H27BrN2/c1-15-5-4-7-17(13-15)21-11-9-20(10-12-21)14-16-6-2-3-8-18(16)19/h2-3,6,8,15,17H,4-5,7,9-14H2,1H3/t15-,17+/m0/s1. The number of piperazine rings is 1. The van der Waals surface area contributed by atoms with E-state index in [0.29, 0.717) is 0 Å². The fourth-order valence-electron chi connectivity index (χ4n) is 3.89. The Kier molecular flexibility index (Phi) is 5.36. The third-order valence-corrected chi connectivity index (χ3v) is 5.96. The number of nitrogens with zero attached hydrogens (tertiary/aromatic N) is 2. The van der Waals surface area contributed by atoms with Gasteiger partial charge in [0.15, 0.2) is 0 Å². The summed E-state index contributed by atoms with van der Waals surface area (Å²) >= 11 is 3.67. The molecule has 2 atom stereocenters. The van der Waals surface area contributed by atoms with E-state index in [1.54, 1.807) is 0 Å². The highest BCUT2D eigenvalue weighted by Gasteiger charge is 2.27. The summed E-state index contributed by atoms with van der Waals surface area (Å²) in [6.07, 6.45) is 5.72. The lowest BCUT2D eigenvalue weighted by Crippen LogP contribution is -2.50. The Morgan fingerprint density at radius 2 is 1.86 bits per heavy atom. The first kappa shape index (κ1) is 15.5. The summed E-state index contributed by atoms with van der Waals surface area (Å²) in [5.41, 5.74) is 1.41. The van der Waals surface area contributed by atoms with Crippen LogP contribution in [0.15, 0.2) is 28.7 Å². The topological polar surface area (TPSA) is 6.48 Å². The summed E-state index contributed by atoms with van der Waals surface area (Å²) in [6, 6.07) is 9.48. The average Bonchev–Trinajstić information content (AvgIpc) is 2.50. The summed E-state index contributed by atoms with van der Waals surface area (Å²) in [7, 11) is 0. The van der Waals surface area contributed by atoms with E-state index in [9.17, 15) is 0 Å². The first-order valence-corrected chi connectivity index (χ1v) is 9.21. The third kappa shape index (κ3) is 4.08. The van der Waals surface area contributed by atoms with E-state index in [1.807, 2.05) is 0 Å². The molecule has 0 aromatic heterocycles. The van der Waals surface area contributed by atoms with Gasteiger partial charge in [-0.15, -0.1) is 0 Å². The summed E-state index contributed by atoms with van der Waals surface area (Å²) < 4.78 is 1.24. The molecule has 3 rings (SSSR count). The fraction of sp³-hybridized carbons (Fsp3) is 0.667. The molecule has 1 aliphatic carbocycles. The smallest absolute Gasteiger partial charge is 0.0246 e. The Morgan fingerprint density at radius 1 is 1.10 bits per heavy atom. The fourth-order valence-corrected chi connectivity index (χ4v) is 4.30. The molecule has 2 fully saturated rings. The van der Waals surface area contributed by atoms with Crippen LogP contribution in [0.4, 0.5) is 0 Å². The zero-order valence-electron chi connectivity index (χ0n) is 13.1. The van der Waals surface area contributed by atoms with E-state index in [4.69, 9.17) is 0 Å². The van der Waals surface area contributed by atoms with E-state index < -0.39 is 0 Å². The minimum absolute atomic E-state index is 0.861. The van der Waals surface area contributed by atoms with Gasteiger partial charge in [0.05, 0.1) is 0 Å². The van der Waals surface area contributed by atoms with Gasteiger partial charge in [-0.3, -0.25) is 9.80 Å². The van der Waals surface area contributed by atoms with E-state index in [2.05, 4.69) is 56.9 Å². The van der Waals surface area contributed by atoms with E-state index >= 15 is 0 Å². The Morgan fingerprint density at radius 3 is 2.57 bits per heavy atom. The number of halogens is 1. The van der Waals surface area contributed by atoms with Crippen LogP contribution >= 0.6 is 15.9 Å². The highest BCUT2D eigenvalue weighted by Crippen LogP contribution is 2.28. The zero-order valence-corrected chi connectivity index (χ0v) is 14.7. The van der Waals surface area contributed by atoms with Crippen LogP contribution in [0.3, 0.4) is 0 Å². The number of hydrogen-bond acceptors (Lipinski definition) is 2. The van der Waals surface area contributed by atoms with Crippen LogP contribution in [-0.4, -0.2) is 42.0 Å². The third-order valence-electron chi connectivity index (χ3n) is 5.18. The Bertz CT molecular complexity index is 454. The van der Waals surface area contributed by atoms with Crippen molar-refractivity contribution in [3.8, 4) is 0 Å². The van der Waals surface area contributed by atoms with Gasteiger partial charge in [-0.25, -0.2) is 0 Å². The van der Waals surface area contributed by atoms with Crippen LogP contribution in [0.5, 0.6) is 0 Å². The van der Waals surface area contributed by atoms with Gasteiger partial charge in [0.25, 0.3) is 0 Å². The molecule has 0 bridgehead atoms. The van der Waals surface area contributed by atoms with Crippen molar-refractivity contribution in [2.45, 2.75) is 45.2 Å². The summed E-state index contributed by atoms with van der Waals surface area (Å²) in [4.78, 5) is 5.36. The lowest BCUT2D eigenvalue weighted by molar-refractivity contribution is 0.0658. The molecule has 0 spiro atoms. The molecule has 1 saturated carbocycles. The zero-order chi connectivity index (χ0) is 14.7. The van der Waals surface area contributed by atoms with Crippen molar-refractivity contribution in [1.82, 2.24) is 9.80 Å². The number of benzene rings is 1. The van der Waals surface area contributed by atoms with Gasteiger partial charge >= 0.3 is 0 Å². The molecule has 21 heavy (non-hydrogen) atoms. The average molecular weight is 351 g/mol. The van der Waals surface area contributed by atoms with E-state index in [1.165, 1.54) is 61.9 Å². The quantitative estimate of drug-likeness (QED) is 0.807. The first-order chi connectivity index (χ1) is 10.2. The summed E-state index contributed by atoms with van der Waals surface area (Å²) in [6.45, 7) is 8.44. The van der Waals surface area contributed by atoms with Gasteiger partial charge in [0.1, 0.15) is 0 Å². The molecule has 3 heteroatoms. The van der Waals surface area contributed by atoms with Crippen LogP contribution in [-0.2, 0) is 6.54 Å². The molecule has 1 heterocycles. The Hall–Kier alpha value is -0.380. The van der Waals surface area contributed by atoms with Crippen molar-refractivity contribution in [3.63, 3.8) is 0 Å². The Balaban J connectivity index is 1.50. The van der Waals surface area contributed by atoms with Crippen LogP contribution in [0, 0.1) is 5.92 Å². The van der Waals surface area contributed by atoms with Gasteiger partial charge in [-0.1, -0.05) is 53.9 Å². The molecular formula is C18H27BrN2. The van der Waals surface area contributed by atoms with Crippen molar-refractivity contribution in [2.24, 2.45) is 5.92 Å². The van der Waals surface area contributed by atoms with Gasteiger partial charge in [-0.05, 0) is 30.4 Å². The number of hydrogen-bond donors (Lipinski definition) is 0. The maximum Gasteiger partial charge on any atom is 0.0246 e. The maximum absolute atomic E-state index is 3.67. The van der Waals surface area contributed by atoms with Gasteiger partial charge < -0.3 is 0 Å². The maximum atomic E-state index is 3.67. The van der Waals surface area contributed by atoms with E-state index in [0.717, 1.165) is 18.5 Å². The van der Waals surface area contributed by atoms with Crippen molar-refractivity contribution in [2.75, 3.05) is 26.2 Å². The molecule has 2 aliphatic rings. The molecule has 116 valence electrons. The molecule has 0 amide bonds. The first-order valence-electron chi connectivity index (χ1n) is 8.42. The van der Waals surface area contributed by atoms with Crippen LogP contribution in [0.2, 0.25) is 0 Å². The molecule has 1 saturated heterocycles. The number of rotatable bonds is 3. The predicted molar refractivity (Wildman–Crippen MR) is 92.4 cm³/mol. The van der Waals surface area contributed by atoms with Crippen LogP contribution < -0.4 is 0 Å². The van der Waals surface area contributed by atoms with Crippen LogP contribution in [0.1, 0.15) is 38.2 Å². The molecule has 0 unspecified atom stereocenters. The highest BCUT2D eigenvalue weighted by atomic mass is 79.9. The predicted octanol–water partition coefficient (Wildman–Crippen LogP) is 4.15. The normalized spacial score (nSPS) is 28.7. The molecule has 0 N–H and O–H groups in total. The lowest BCUT2D eigenvalue weighted by atomic mass is 9.86. The molecular weight excluding hydrogens is 324 g/mol. The molecule has 1 aliphatic heterocycles.